The van der Waals surface area contributed by atoms with Gasteiger partial charge in [0.25, 0.3) is 5.56 Å². The maximum Gasteiger partial charge on any atom is 0.332 e. The topological polar surface area (TPSA) is 82.8 Å². The smallest absolute Gasteiger partial charge is 0.332 e. The van der Waals surface area contributed by atoms with E-state index in [0.717, 1.165) is 15.8 Å². The van der Waals surface area contributed by atoms with Gasteiger partial charge in [-0.25, -0.2) is 4.79 Å². The van der Waals surface area contributed by atoms with E-state index in [9.17, 15) is 14.4 Å². The van der Waals surface area contributed by atoms with Crippen LogP contribution in [-0.2, 0) is 17.9 Å². The van der Waals surface area contributed by atoms with Gasteiger partial charge in [-0.3, -0.25) is 18.7 Å². The first kappa shape index (κ1) is 21.5. The monoisotopic (exact) mass is 457 g/mol. The zero-order valence-corrected chi connectivity index (χ0v) is 18.6. The van der Waals surface area contributed by atoms with Crippen molar-refractivity contribution < 1.29 is 14.3 Å². The molecule has 1 aliphatic rings. The van der Waals surface area contributed by atoms with Crippen LogP contribution in [0.5, 0.6) is 11.5 Å². The van der Waals surface area contributed by atoms with Crippen molar-refractivity contribution in [3.63, 3.8) is 0 Å². The normalized spacial score (nSPS) is 12.1. The van der Waals surface area contributed by atoms with Crippen LogP contribution < -0.4 is 25.6 Å². The highest BCUT2D eigenvalue weighted by atomic mass is 16.7. The Morgan fingerprint density at radius 3 is 2.44 bits per heavy atom. The Morgan fingerprint density at radius 2 is 1.65 bits per heavy atom. The van der Waals surface area contributed by atoms with Crippen molar-refractivity contribution >= 4 is 22.5 Å². The Morgan fingerprint density at radius 1 is 0.912 bits per heavy atom. The minimum Gasteiger partial charge on any atom is -0.454 e. The van der Waals surface area contributed by atoms with E-state index in [0.29, 0.717) is 28.9 Å². The number of carbonyl (C=O) groups is 1. The van der Waals surface area contributed by atoms with E-state index < -0.39 is 11.2 Å². The van der Waals surface area contributed by atoms with Crippen molar-refractivity contribution in [1.29, 1.82) is 0 Å². The van der Waals surface area contributed by atoms with E-state index >= 15 is 0 Å². The number of para-hydroxylation sites is 2. The van der Waals surface area contributed by atoms with Crippen molar-refractivity contribution in [3.05, 3.63) is 99.2 Å². The summed E-state index contributed by atoms with van der Waals surface area (Å²) in [6.07, 6.45) is 0. The third-order valence-corrected chi connectivity index (χ3v) is 5.89. The largest absolute Gasteiger partial charge is 0.454 e. The number of hydrogen-bond donors (Lipinski definition) is 0. The highest BCUT2D eigenvalue weighted by Gasteiger charge is 2.20. The van der Waals surface area contributed by atoms with Crippen molar-refractivity contribution in [2.24, 2.45) is 0 Å². The van der Waals surface area contributed by atoms with Gasteiger partial charge in [0.1, 0.15) is 6.54 Å². The molecule has 0 fully saturated rings. The van der Waals surface area contributed by atoms with Gasteiger partial charge in [-0.2, -0.15) is 0 Å². The number of anilines is 1. The summed E-state index contributed by atoms with van der Waals surface area (Å²) >= 11 is 0. The highest BCUT2D eigenvalue weighted by Crippen LogP contribution is 2.32. The Balaban J connectivity index is 1.57. The van der Waals surface area contributed by atoms with E-state index in [1.165, 1.54) is 4.57 Å². The van der Waals surface area contributed by atoms with E-state index in [-0.39, 0.29) is 25.8 Å². The summed E-state index contributed by atoms with van der Waals surface area (Å²) in [5.41, 5.74) is 0.949. The summed E-state index contributed by atoms with van der Waals surface area (Å²) in [7, 11) is 0. The molecule has 3 aromatic carbocycles. The van der Waals surface area contributed by atoms with Crippen molar-refractivity contribution in [2.45, 2.75) is 20.0 Å². The van der Waals surface area contributed by atoms with Gasteiger partial charge in [0, 0.05) is 12.2 Å². The second-order valence-corrected chi connectivity index (χ2v) is 7.94. The van der Waals surface area contributed by atoms with Gasteiger partial charge >= 0.3 is 5.69 Å². The van der Waals surface area contributed by atoms with Crippen LogP contribution >= 0.6 is 0 Å². The number of rotatable bonds is 6. The summed E-state index contributed by atoms with van der Waals surface area (Å²) in [6, 6.07) is 21.5. The number of ether oxygens (including phenoxy) is 2. The van der Waals surface area contributed by atoms with Crippen LogP contribution in [0.15, 0.2) is 82.4 Å². The van der Waals surface area contributed by atoms with E-state index in [1.807, 2.05) is 37.3 Å². The average Bonchev–Trinajstić information content (AvgIpc) is 3.33. The van der Waals surface area contributed by atoms with Crippen LogP contribution in [0.4, 0.5) is 5.69 Å². The standard InChI is InChI=1S/C26H23N3O5/c1-2-27(19-8-4-3-5-9-19)24(30)16-28-21-11-7-6-10-20(21)25(31)29(26(28)32)15-18-12-13-22-23(14-18)34-17-33-22/h3-14H,2,15-17H2,1H3. The molecule has 1 aliphatic heterocycles. The Bertz CT molecular complexity index is 1490. The fourth-order valence-corrected chi connectivity index (χ4v) is 4.22. The molecule has 172 valence electrons. The number of aromatic nitrogens is 2. The second-order valence-electron chi connectivity index (χ2n) is 7.94. The number of fused-ring (bicyclic) bond motifs is 2. The SMILES string of the molecule is CCN(C(=O)Cn1c(=O)n(Cc2ccc3c(c2)OCO3)c(=O)c2ccccc21)c1ccccc1. The molecule has 8 heteroatoms. The molecule has 1 amide bonds. The van der Waals surface area contributed by atoms with Gasteiger partial charge in [0.05, 0.1) is 17.4 Å². The predicted octanol–water partition coefficient (Wildman–Crippen LogP) is 2.99. The fourth-order valence-electron chi connectivity index (χ4n) is 4.22. The van der Waals surface area contributed by atoms with Gasteiger partial charge in [0.15, 0.2) is 11.5 Å². The summed E-state index contributed by atoms with van der Waals surface area (Å²) in [5, 5.41) is 0.374. The molecule has 1 aromatic heterocycles. The molecule has 0 bridgehead atoms. The Kier molecular flexibility index (Phi) is 5.63. The molecule has 0 atom stereocenters. The van der Waals surface area contributed by atoms with Crippen molar-refractivity contribution in [3.8, 4) is 11.5 Å². The molecule has 8 nitrogen and oxygen atoms in total. The van der Waals surface area contributed by atoms with Crippen molar-refractivity contribution in [2.75, 3.05) is 18.2 Å². The first-order valence-corrected chi connectivity index (χ1v) is 11.0. The highest BCUT2D eigenvalue weighted by molar-refractivity contribution is 5.94. The van der Waals surface area contributed by atoms with Crippen molar-refractivity contribution in [1.82, 2.24) is 9.13 Å². The lowest BCUT2D eigenvalue weighted by Gasteiger charge is -2.22. The molecule has 0 radical (unpaired) electrons. The first-order valence-electron chi connectivity index (χ1n) is 11.0. The fraction of sp³-hybridized carbons (Fsp3) is 0.192. The first-order chi connectivity index (χ1) is 16.6. The van der Waals surface area contributed by atoms with Crippen LogP contribution in [0.2, 0.25) is 0 Å². The molecule has 2 heterocycles. The number of nitrogens with zero attached hydrogens (tertiary/aromatic N) is 3. The molecule has 0 saturated heterocycles. The summed E-state index contributed by atoms with van der Waals surface area (Å²) in [4.78, 5) is 41.6. The molecule has 34 heavy (non-hydrogen) atoms. The minimum atomic E-state index is -0.543. The maximum atomic E-state index is 13.5. The quantitative estimate of drug-likeness (QED) is 0.445. The van der Waals surface area contributed by atoms with Crippen LogP contribution in [0.3, 0.4) is 0 Å². The molecule has 4 aromatic rings. The molecule has 0 spiro atoms. The zero-order chi connectivity index (χ0) is 23.7. The van der Waals surface area contributed by atoms with Crippen LogP contribution in [0.1, 0.15) is 12.5 Å². The lowest BCUT2D eigenvalue weighted by atomic mass is 10.2. The molecule has 5 rings (SSSR count). The van der Waals surface area contributed by atoms with Crippen LogP contribution in [-0.4, -0.2) is 28.4 Å². The predicted molar refractivity (Wildman–Crippen MR) is 129 cm³/mol. The Hall–Kier alpha value is -4.33. The lowest BCUT2D eigenvalue weighted by Crippen LogP contribution is -2.43. The summed E-state index contributed by atoms with van der Waals surface area (Å²) in [5.74, 6) is 0.954. The van der Waals surface area contributed by atoms with Gasteiger partial charge in [-0.05, 0) is 48.9 Å². The maximum absolute atomic E-state index is 13.5. The molecular formula is C26H23N3O5. The number of benzene rings is 3. The van der Waals surface area contributed by atoms with E-state index in [4.69, 9.17) is 9.47 Å². The Labute approximate surface area is 195 Å². The zero-order valence-electron chi connectivity index (χ0n) is 18.6. The lowest BCUT2D eigenvalue weighted by molar-refractivity contribution is -0.119. The molecule has 0 N–H and O–H groups in total. The van der Waals surface area contributed by atoms with Gasteiger partial charge in [-0.15, -0.1) is 0 Å². The average molecular weight is 457 g/mol. The number of amides is 1. The van der Waals surface area contributed by atoms with E-state index in [1.54, 1.807) is 47.4 Å². The molecule has 0 unspecified atom stereocenters. The second kappa shape index (κ2) is 8.90. The summed E-state index contributed by atoms with van der Waals surface area (Å²) in [6.45, 7) is 2.32. The van der Waals surface area contributed by atoms with E-state index in [2.05, 4.69) is 0 Å². The number of likely N-dealkylation sites (N-methyl/N-ethyl adjacent to an activating group) is 1. The molecule has 0 saturated carbocycles. The minimum absolute atomic E-state index is 0.0451. The third kappa shape index (κ3) is 3.83. The summed E-state index contributed by atoms with van der Waals surface area (Å²) < 4.78 is 13.3. The number of hydrogen-bond acceptors (Lipinski definition) is 5. The van der Waals surface area contributed by atoms with Gasteiger partial charge < -0.3 is 14.4 Å². The molecular weight excluding hydrogens is 434 g/mol. The molecule has 0 aliphatic carbocycles. The van der Waals surface area contributed by atoms with Gasteiger partial charge in [-0.1, -0.05) is 36.4 Å². The third-order valence-electron chi connectivity index (χ3n) is 5.89. The van der Waals surface area contributed by atoms with Gasteiger partial charge in [0.2, 0.25) is 12.7 Å². The van der Waals surface area contributed by atoms with Crippen LogP contribution in [0, 0.1) is 0 Å². The van der Waals surface area contributed by atoms with Crippen LogP contribution in [0.25, 0.3) is 10.9 Å². The number of carbonyl (C=O) groups excluding carboxylic acids is 1.